The number of fused-ring (bicyclic) bond motifs is 1. The lowest BCUT2D eigenvalue weighted by Crippen LogP contribution is -2.29. The van der Waals surface area contributed by atoms with Crippen molar-refractivity contribution in [1.82, 2.24) is 5.43 Å². The van der Waals surface area contributed by atoms with Crippen LogP contribution in [0.1, 0.15) is 35.4 Å². The first-order valence-electron chi connectivity index (χ1n) is 10.5. The molecule has 0 spiro atoms. The molecule has 0 aliphatic carbocycles. The maximum Gasteiger partial charge on any atom is 0.307 e. The highest BCUT2D eigenvalue weighted by atomic mass is 16.6. The number of nitro benzene ring substituents is 1. The number of nitro groups is 1. The molecule has 1 saturated heterocycles. The summed E-state index contributed by atoms with van der Waals surface area (Å²) in [6, 6.07) is 9.83. The average molecular weight is 452 g/mol. The van der Waals surface area contributed by atoms with E-state index in [1.54, 1.807) is 7.11 Å². The number of non-ortho nitro benzene ring substituents is 1. The maximum absolute atomic E-state index is 12.5. The van der Waals surface area contributed by atoms with Crippen LogP contribution in [0, 0.1) is 10.1 Å². The Labute approximate surface area is 189 Å². The van der Waals surface area contributed by atoms with E-state index in [1.165, 1.54) is 50.8 Å². The van der Waals surface area contributed by atoms with Gasteiger partial charge in [0.1, 0.15) is 5.75 Å². The molecule has 0 saturated carbocycles. The number of nitrogens with zero attached hydrogens (tertiary/aromatic N) is 3. The van der Waals surface area contributed by atoms with Crippen molar-refractivity contribution in [2.45, 2.75) is 19.3 Å². The van der Waals surface area contributed by atoms with Crippen LogP contribution in [0.2, 0.25) is 0 Å². The first-order valence-corrected chi connectivity index (χ1v) is 10.5. The van der Waals surface area contributed by atoms with Crippen LogP contribution in [-0.4, -0.2) is 44.4 Å². The van der Waals surface area contributed by atoms with Crippen LogP contribution in [0.5, 0.6) is 11.5 Å². The molecule has 4 rings (SSSR count). The molecule has 0 unspecified atom stereocenters. The molecule has 1 aliphatic rings. The molecule has 1 aliphatic heterocycles. The third kappa shape index (κ3) is 4.74. The number of hydrogen-bond acceptors (Lipinski definition) is 8. The Hall–Kier alpha value is -4.08. The van der Waals surface area contributed by atoms with E-state index in [2.05, 4.69) is 15.4 Å². The Morgan fingerprint density at radius 1 is 1.12 bits per heavy atom. The number of benzene rings is 2. The van der Waals surface area contributed by atoms with E-state index in [-0.39, 0.29) is 22.8 Å². The Bertz CT molecular complexity index is 1210. The molecule has 1 amide bonds. The number of nitrogens with one attached hydrogen (secondary N) is 1. The molecule has 10 heteroatoms. The van der Waals surface area contributed by atoms with E-state index >= 15 is 0 Å². The number of carbonyl (C=O) groups excluding carboxylic acids is 1. The second-order valence-corrected chi connectivity index (χ2v) is 7.61. The monoisotopic (exact) mass is 452 g/mol. The summed E-state index contributed by atoms with van der Waals surface area (Å²) in [4.78, 5) is 25.4. The number of amides is 1. The zero-order chi connectivity index (χ0) is 23.4. The maximum atomic E-state index is 12.5. The number of furan rings is 1. The Morgan fingerprint density at radius 2 is 1.88 bits per heavy atom. The zero-order valence-electron chi connectivity index (χ0n) is 18.4. The van der Waals surface area contributed by atoms with Crippen LogP contribution >= 0.6 is 0 Å². The quantitative estimate of drug-likeness (QED) is 0.325. The topological polar surface area (TPSA) is 119 Å². The van der Waals surface area contributed by atoms with Gasteiger partial charge in [-0.15, -0.1) is 0 Å². The average Bonchev–Trinajstić information content (AvgIpc) is 3.28. The number of ether oxygens (including phenoxy) is 2. The van der Waals surface area contributed by atoms with Crippen LogP contribution in [-0.2, 0) is 0 Å². The molecule has 1 N–H and O–H groups in total. The normalized spacial score (nSPS) is 13.9. The number of rotatable bonds is 7. The Kier molecular flexibility index (Phi) is 6.43. The van der Waals surface area contributed by atoms with Crippen molar-refractivity contribution < 1.29 is 23.6 Å². The first kappa shape index (κ1) is 22.1. The molecular formula is C23H24N4O6. The van der Waals surface area contributed by atoms with Gasteiger partial charge in [0.2, 0.25) is 0 Å². The van der Waals surface area contributed by atoms with Crippen LogP contribution in [0.3, 0.4) is 0 Å². The number of hydrogen-bond donors (Lipinski definition) is 1. The molecule has 1 aromatic heterocycles. The van der Waals surface area contributed by atoms with Crippen molar-refractivity contribution in [3.05, 3.63) is 57.8 Å². The molecule has 2 heterocycles. The van der Waals surface area contributed by atoms with E-state index < -0.39 is 10.8 Å². The summed E-state index contributed by atoms with van der Waals surface area (Å²) in [7, 11) is 2.96. The molecule has 3 aromatic rings. The fourth-order valence-corrected chi connectivity index (χ4v) is 3.85. The first-order chi connectivity index (χ1) is 16.0. The van der Waals surface area contributed by atoms with Gasteiger partial charge in [-0.25, -0.2) is 5.43 Å². The van der Waals surface area contributed by atoms with Gasteiger partial charge in [0.05, 0.1) is 31.4 Å². The van der Waals surface area contributed by atoms with Crippen LogP contribution in [0.25, 0.3) is 11.0 Å². The smallest absolute Gasteiger partial charge is 0.307 e. The second kappa shape index (κ2) is 9.60. The van der Waals surface area contributed by atoms with Gasteiger partial charge in [-0.3, -0.25) is 14.9 Å². The highest BCUT2D eigenvalue weighted by molar-refractivity contribution is 5.98. The molecule has 0 bridgehead atoms. The minimum atomic E-state index is -0.601. The molecule has 1 fully saturated rings. The number of piperidine rings is 1. The lowest BCUT2D eigenvalue weighted by Gasteiger charge is -2.29. The highest BCUT2D eigenvalue weighted by Gasteiger charge is 2.19. The summed E-state index contributed by atoms with van der Waals surface area (Å²) in [5, 5.41) is 15.5. The third-order valence-electron chi connectivity index (χ3n) is 5.53. The lowest BCUT2D eigenvalue weighted by atomic mass is 10.1. The molecule has 10 nitrogen and oxygen atoms in total. The van der Waals surface area contributed by atoms with Crippen molar-refractivity contribution in [3.63, 3.8) is 0 Å². The minimum Gasteiger partial charge on any atom is -0.496 e. The Balaban J connectivity index is 1.49. The van der Waals surface area contributed by atoms with Gasteiger partial charge in [0.25, 0.3) is 5.69 Å². The van der Waals surface area contributed by atoms with Crippen molar-refractivity contribution in [1.29, 1.82) is 0 Å². The number of carbonyl (C=O) groups is 1. The van der Waals surface area contributed by atoms with E-state index in [9.17, 15) is 14.9 Å². The van der Waals surface area contributed by atoms with Gasteiger partial charge >= 0.3 is 5.91 Å². The molecular weight excluding hydrogens is 428 g/mol. The summed E-state index contributed by atoms with van der Waals surface area (Å²) in [6.45, 7) is 2.05. The van der Waals surface area contributed by atoms with Gasteiger partial charge in [-0.1, -0.05) is 0 Å². The van der Waals surface area contributed by atoms with Crippen LogP contribution < -0.4 is 19.8 Å². The fourth-order valence-electron chi connectivity index (χ4n) is 3.85. The minimum absolute atomic E-state index is 0.0478. The highest BCUT2D eigenvalue weighted by Crippen LogP contribution is 2.33. The van der Waals surface area contributed by atoms with Crippen molar-refractivity contribution in [2.24, 2.45) is 5.10 Å². The summed E-state index contributed by atoms with van der Waals surface area (Å²) >= 11 is 0. The molecule has 0 atom stereocenters. The van der Waals surface area contributed by atoms with Gasteiger partial charge in [0.15, 0.2) is 17.1 Å². The second-order valence-electron chi connectivity index (χ2n) is 7.61. The molecule has 0 radical (unpaired) electrons. The summed E-state index contributed by atoms with van der Waals surface area (Å²) in [5.41, 5.74) is 4.29. The van der Waals surface area contributed by atoms with Gasteiger partial charge in [0, 0.05) is 41.9 Å². The van der Waals surface area contributed by atoms with Crippen molar-refractivity contribution in [3.8, 4) is 11.5 Å². The van der Waals surface area contributed by atoms with Gasteiger partial charge < -0.3 is 18.8 Å². The lowest BCUT2D eigenvalue weighted by molar-refractivity contribution is -0.384. The number of methoxy groups -OCH3 is 2. The van der Waals surface area contributed by atoms with E-state index in [4.69, 9.17) is 13.9 Å². The fraction of sp³-hybridized carbons (Fsp3) is 0.304. The van der Waals surface area contributed by atoms with Crippen LogP contribution in [0.15, 0.2) is 45.9 Å². The summed E-state index contributed by atoms with van der Waals surface area (Å²) in [6.07, 6.45) is 5.11. The molecule has 33 heavy (non-hydrogen) atoms. The molecule has 2 aromatic carbocycles. The third-order valence-corrected chi connectivity index (χ3v) is 5.53. The summed E-state index contributed by atoms with van der Waals surface area (Å²) < 4.78 is 16.2. The predicted octanol–water partition coefficient (Wildman–Crippen LogP) is 4.11. The van der Waals surface area contributed by atoms with E-state index in [0.717, 1.165) is 18.8 Å². The summed E-state index contributed by atoms with van der Waals surface area (Å²) in [5.74, 6) is 0.168. The largest absolute Gasteiger partial charge is 0.496 e. The van der Waals surface area contributed by atoms with E-state index in [0.29, 0.717) is 16.7 Å². The number of hydrazone groups is 1. The van der Waals surface area contributed by atoms with Gasteiger partial charge in [-0.2, -0.15) is 5.10 Å². The standard InChI is InChI=1S/C23H24N4O6/c1-31-19-12-17(26-8-4-3-5-9-26)7-6-15(19)14-24-25-23(28)21-11-16-10-18(27(29)30)13-20(32-2)22(16)33-21/h6-7,10-14H,3-5,8-9H2,1-2H3,(H,25,28)/b24-14-. The number of anilines is 1. The van der Waals surface area contributed by atoms with Crippen LogP contribution in [0.4, 0.5) is 11.4 Å². The van der Waals surface area contributed by atoms with Gasteiger partial charge in [-0.05, 0) is 37.5 Å². The van der Waals surface area contributed by atoms with E-state index in [1.807, 2.05) is 18.2 Å². The molecule has 172 valence electrons. The van der Waals surface area contributed by atoms with Crippen molar-refractivity contribution >= 4 is 34.5 Å². The SMILES string of the molecule is COc1cc(N2CCCCC2)ccc1/C=N\NC(=O)c1cc2cc([N+](=O)[O-])cc(OC)c2o1. The Morgan fingerprint density at radius 3 is 2.58 bits per heavy atom. The predicted molar refractivity (Wildman–Crippen MR) is 124 cm³/mol. The van der Waals surface area contributed by atoms with Crippen molar-refractivity contribution in [2.75, 3.05) is 32.2 Å². The zero-order valence-corrected chi connectivity index (χ0v) is 18.4.